The molecule has 7 aromatic carbocycles. The summed E-state index contributed by atoms with van der Waals surface area (Å²) in [5, 5.41) is 1.60. The van der Waals surface area contributed by atoms with Gasteiger partial charge in [0.1, 0.15) is 0 Å². The summed E-state index contributed by atoms with van der Waals surface area (Å²) in [6.07, 6.45) is -9.64. The number of rotatable bonds is 6. The van der Waals surface area contributed by atoms with Gasteiger partial charge in [-0.25, -0.2) is 15.0 Å². The summed E-state index contributed by atoms with van der Waals surface area (Å²) in [6, 6.07) is 43.1. The molecule has 10 heteroatoms. The summed E-state index contributed by atoms with van der Waals surface area (Å²) in [5.41, 5.74) is 2.43. The van der Waals surface area contributed by atoms with Crippen LogP contribution in [0.4, 0.5) is 26.3 Å². The second-order valence-corrected chi connectivity index (χ2v) is 14.4. The van der Waals surface area contributed by atoms with Crippen molar-refractivity contribution in [3.8, 4) is 62.1 Å². The van der Waals surface area contributed by atoms with Gasteiger partial charge in [-0.1, -0.05) is 120 Å². The van der Waals surface area contributed by atoms with Crippen molar-refractivity contribution in [1.82, 2.24) is 19.5 Å². The molecule has 0 aliphatic carbocycles. The Morgan fingerprint density at radius 2 is 0.763 bits per heavy atom. The highest BCUT2D eigenvalue weighted by Crippen LogP contribution is 2.49. The molecule has 0 atom stereocenters. The van der Waals surface area contributed by atoms with Gasteiger partial charge in [-0.2, -0.15) is 26.3 Å². The van der Waals surface area contributed by atoms with Crippen molar-refractivity contribution in [3.63, 3.8) is 0 Å². The first kappa shape index (κ1) is 37.5. The van der Waals surface area contributed by atoms with E-state index in [0.29, 0.717) is 22.2 Å². The van der Waals surface area contributed by atoms with Crippen molar-refractivity contribution in [1.29, 1.82) is 0 Å². The first-order valence-electron chi connectivity index (χ1n) is 18.8. The van der Waals surface area contributed by atoms with E-state index in [1.807, 2.05) is 111 Å². The number of hydrogen-bond donors (Lipinski definition) is 0. The molecule has 0 N–H and O–H groups in total. The smallest absolute Gasteiger partial charge is 0.308 e. The Morgan fingerprint density at radius 3 is 1.17 bits per heavy atom. The van der Waals surface area contributed by atoms with Gasteiger partial charge in [0.05, 0.1) is 27.8 Å². The van der Waals surface area contributed by atoms with E-state index >= 15 is 26.3 Å². The van der Waals surface area contributed by atoms with Crippen molar-refractivity contribution < 1.29 is 26.3 Å². The number of benzene rings is 7. The minimum atomic E-state index is -4.82. The summed E-state index contributed by atoms with van der Waals surface area (Å²) in [5.74, 6) is 0.622. The fourth-order valence-electron chi connectivity index (χ4n) is 7.78. The maximum atomic E-state index is 15.2. The fourth-order valence-corrected chi connectivity index (χ4v) is 7.78. The molecule has 4 nitrogen and oxygen atoms in total. The monoisotopic (exact) mass is 790 g/mol. The zero-order chi connectivity index (χ0) is 41.1. The Morgan fingerprint density at radius 1 is 0.390 bits per heavy atom. The number of hydrogen-bond acceptors (Lipinski definition) is 3. The molecule has 0 spiro atoms. The van der Waals surface area contributed by atoms with Crippen molar-refractivity contribution in [2.75, 3.05) is 0 Å². The lowest BCUT2D eigenvalue weighted by Gasteiger charge is -2.24. The van der Waals surface area contributed by atoms with Gasteiger partial charge in [-0.05, 0) is 73.5 Å². The van der Waals surface area contributed by atoms with Crippen LogP contribution < -0.4 is 0 Å². The molecule has 0 fully saturated rings. The van der Waals surface area contributed by atoms with Crippen LogP contribution in [0.25, 0.3) is 83.9 Å². The van der Waals surface area contributed by atoms with Crippen LogP contribution in [0.2, 0.25) is 0 Å². The topological polar surface area (TPSA) is 43.6 Å². The van der Waals surface area contributed by atoms with E-state index in [0.717, 1.165) is 34.0 Å². The molecule has 0 unspecified atom stereocenters. The Kier molecular flexibility index (Phi) is 9.15. The zero-order valence-corrected chi connectivity index (χ0v) is 31.6. The van der Waals surface area contributed by atoms with Crippen LogP contribution in [-0.4, -0.2) is 19.5 Å². The lowest BCUT2D eigenvalue weighted by molar-refractivity contribution is -0.137. The molecule has 0 aliphatic rings. The van der Waals surface area contributed by atoms with Crippen LogP contribution in [0.5, 0.6) is 0 Å². The van der Waals surface area contributed by atoms with Gasteiger partial charge in [0.15, 0.2) is 17.5 Å². The van der Waals surface area contributed by atoms with Crippen LogP contribution in [0, 0.1) is 13.8 Å². The summed E-state index contributed by atoms with van der Waals surface area (Å²) in [4.78, 5) is 14.5. The van der Waals surface area contributed by atoms with Crippen molar-refractivity contribution in [2.24, 2.45) is 0 Å². The summed E-state index contributed by atoms with van der Waals surface area (Å²) in [7, 11) is 0. The van der Waals surface area contributed by atoms with Crippen LogP contribution in [0.3, 0.4) is 0 Å². The molecule has 2 heterocycles. The second-order valence-electron chi connectivity index (χ2n) is 14.4. The third-order valence-corrected chi connectivity index (χ3v) is 10.4. The molecular weight excluding hydrogens is 759 g/mol. The third kappa shape index (κ3) is 6.90. The molecule has 9 rings (SSSR count). The van der Waals surface area contributed by atoms with Gasteiger partial charge < -0.3 is 4.57 Å². The Balaban J connectivity index is 1.49. The van der Waals surface area contributed by atoms with Gasteiger partial charge in [-0.3, -0.25) is 0 Å². The van der Waals surface area contributed by atoms with E-state index in [-0.39, 0.29) is 51.0 Å². The number of aromatic nitrogens is 4. The van der Waals surface area contributed by atoms with Crippen LogP contribution >= 0.6 is 0 Å². The summed E-state index contributed by atoms with van der Waals surface area (Å²) in [6.45, 7) is 3.87. The first-order chi connectivity index (χ1) is 28.3. The maximum absolute atomic E-state index is 15.2. The second kappa shape index (κ2) is 14.4. The van der Waals surface area contributed by atoms with Crippen LogP contribution in [0.15, 0.2) is 158 Å². The summed E-state index contributed by atoms with van der Waals surface area (Å²) < 4.78 is 92.8. The highest BCUT2D eigenvalue weighted by atomic mass is 19.4. The van der Waals surface area contributed by atoms with Gasteiger partial charge in [-0.15, -0.1) is 0 Å². The molecule has 59 heavy (non-hydrogen) atoms. The largest absolute Gasteiger partial charge is 0.417 e. The van der Waals surface area contributed by atoms with E-state index in [4.69, 9.17) is 15.0 Å². The predicted octanol–water partition coefficient (Wildman–Crippen LogP) is 14.0. The minimum Gasteiger partial charge on any atom is -0.308 e. The Hall–Kier alpha value is -7.07. The number of fused-ring (bicyclic) bond motifs is 3. The highest BCUT2D eigenvalue weighted by molar-refractivity contribution is 6.11. The van der Waals surface area contributed by atoms with Gasteiger partial charge >= 0.3 is 12.4 Å². The number of alkyl halides is 6. The number of aryl methyl sites for hydroxylation is 2. The van der Waals surface area contributed by atoms with Gasteiger partial charge in [0, 0.05) is 38.6 Å². The summed E-state index contributed by atoms with van der Waals surface area (Å²) >= 11 is 0. The highest BCUT2D eigenvalue weighted by Gasteiger charge is 2.37. The van der Waals surface area contributed by atoms with Crippen LogP contribution in [-0.2, 0) is 12.4 Å². The Labute approximate surface area is 335 Å². The van der Waals surface area contributed by atoms with Gasteiger partial charge in [0.2, 0.25) is 0 Å². The fraction of sp³-hybridized carbons (Fsp3) is 0.0816. The molecule has 290 valence electrons. The quantitative estimate of drug-likeness (QED) is 0.158. The molecule has 0 amide bonds. The van der Waals surface area contributed by atoms with E-state index in [1.54, 1.807) is 16.7 Å². The predicted molar refractivity (Wildman–Crippen MR) is 221 cm³/mol. The van der Waals surface area contributed by atoms with Crippen LogP contribution in [0.1, 0.15) is 22.3 Å². The molecule has 0 saturated carbocycles. The average molecular weight is 791 g/mol. The van der Waals surface area contributed by atoms with E-state index in [2.05, 4.69) is 0 Å². The molecule has 0 radical (unpaired) electrons. The molecule has 9 aromatic rings. The number of nitrogens with zero attached hydrogens (tertiary/aromatic N) is 4. The standard InChI is InChI=1S/C49H32F6N4/c1-29-21-23-42-36(25-29)37-26-30(2)22-24-43(37)59(42)44-38(34-17-9-11-19-40(34)48(50,51)52)27-33(28-39(44)35-18-10-12-20-41(35)49(53,54)55)47-57-45(31-13-5-3-6-14-31)56-46(58-47)32-15-7-4-8-16-32/h3-28H,1-2H3. The Bertz CT molecular complexity index is 2850. The molecule has 0 aliphatic heterocycles. The molecule has 0 bridgehead atoms. The van der Waals surface area contributed by atoms with Gasteiger partial charge in [0.25, 0.3) is 0 Å². The van der Waals surface area contributed by atoms with Crippen molar-refractivity contribution in [3.05, 3.63) is 180 Å². The maximum Gasteiger partial charge on any atom is 0.417 e. The lowest BCUT2D eigenvalue weighted by Crippen LogP contribution is -2.11. The molecule has 0 saturated heterocycles. The third-order valence-electron chi connectivity index (χ3n) is 10.4. The van der Waals surface area contributed by atoms with E-state index in [1.165, 1.54) is 36.4 Å². The van der Waals surface area contributed by atoms with Crippen molar-refractivity contribution >= 4 is 21.8 Å². The zero-order valence-electron chi connectivity index (χ0n) is 31.6. The lowest BCUT2D eigenvalue weighted by atomic mass is 9.88. The van der Waals surface area contributed by atoms with Crippen molar-refractivity contribution in [2.45, 2.75) is 26.2 Å². The minimum absolute atomic E-state index is 0.0327. The number of halogens is 6. The molecular formula is C49H32F6N4. The van der Waals surface area contributed by atoms with E-state index in [9.17, 15) is 0 Å². The normalized spacial score (nSPS) is 12.1. The average Bonchev–Trinajstić information content (AvgIpc) is 3.55. The first-order valence-corrected chi connectivity index (χ1v) is 18.8. The SMILES string of the molecule is Cc1ccc2c(c1)c1cc(C)ccc1n2-c1c(-c2ccccc2C(F)(F)F)cc(-c2nc(-c3ccccc3)nc(-c3ccccc3)n2)cc1-c1ccccc1C(F)(F)F. The van der Waals surface area contributed by atoms with E-state index < -0.39 is 23.5 Å². The molecule has 2 aromatic heterocycles.